The molecule has 0 spiro atoms. The summed E-state index contributed by atoms with van der Waals surface area (Å²) in [4.78, 5) is 17.8. The number of aliphatic imine (C=N–C) groups is 1. The Morgan fingerprint density at radius 1 is 0.935 bits per heavy atom. The van der Waals surface area contributed by atoms with Crippen LogP contribution < -0.4 is 0 Å². The van der Waals surface area contributed by atoms with Crippen molar-refractivity contribution >= 4 is 22.3 Å². The highest BCUT2D eigenvalue weighted by Gasteiger charge is 2.57. The molecule has 1 aliphatic heterocycles. The third-order valence-corrected chi connectivity index (χ3v) is 7.18. The fourth-order valence-corrected chi connectivity index (χ4v) is 5.33. The number of methoxy groups -OCH3 is 1. The number of esters is 1. The molecule has 3 aromatic rings. The third kappa shape index (κ3) is 3.41. The van der Waals surface area contributed by atoms with Gasteiger partial charge in [-0.3, -0.25) is 0 Å². The minimum atomic E-state index is -4.00. The summed E-state index contributed by atoms with van der Waals surface area (Å²) in [6.45, 7) is 1.89. The van der Waals surface area contributed by atoms with Crippen molar-refractivity contribution in [2.45, 2.75) is 23.4 Å². The molecule has 1 heterocycles. The monoisotopic (exact) mass is 434 g/mol. The van der Waals surface area contributed by atoms with Crippen molar-refractivity contribution in [2.75, 3.05) is 7.11 Å². The first-order valence-electron chi connectivity index (χ1n) is 9.75. The molecule has 0 aromatic heterocycles. The molecule has 31 heavy (non-hydrogen) atoms. The lowest BCUT2D eigenvalue weighted by Crippen LogP contribution is -2.45. The molecule has 0 bridgehead atoms. The number of aryl methyl sites for hydroxylation is 1. The molecule has 0 saturated heterocycles. The zero-order chi connectivity index (χ0) is 22.1. The summed E-state index contributed by atoms with van der Waals surface area (Å²) in [7, 11) is -2.72. The minimum absolute atomic E-state index is 0.124. The van der Waals surface area contributed by atoms with E-state index in [1.807, 2.05) is 19.1 Å². The van der Waals surface area contributed by atoms with Crippen LogP contribution in [0.3, 0.4) is 0 Å². The number of hydrogen-bond donors (Lipinski definition) is 0. The Labute approximate surface area is 181 Å². The fourth-order valence-electron chi connectivity index (χ4n) is 3.89. The van der Waals surface area contributed by atoms with Crippen LogP contribution in [0.5, 0.6) is 0 Å². The molecule has 7 heteroatoms. The summed E-state index contributed by atoms with van der Waals surface area (Å²) < 4.78 is 33.6. The molecule has 1 aliphatic rings. The van der Waals surface area contributed by atoms with Crippen molar-refractivity contribution in [2.24, 2.45) is 4.99 Å². The number of sulfonamides is 1. The molecule has 2 atom stereocenters. The van der Waals surface area contributed by atoms with Crippen LogP contribution in [-0.4, -0.2) is 32.1 Å². The van der Waals surface area contributed by atoms with E-state index in [4.69, 9.17) is 4.74 Å². The second-order valence-electron chi connectivity index (χ2n) is 7.33. The average Bonchev–Trinajstić information content (AvgIpc) is 3.22. The van der Waals surface area contributed by atoms with Gasteiger partial charge in [0.2, 0.25) is 5.54 Å². The highest BCUT2D eigenvalue weighted by atomic mass is 32.2. The molecule has 6 nitrogen and oxygen atoms in total. The molecule has 0 N–H and O–H groups in total. The van der Waals surface area contributed by atoms with Crippen LogP contribution in [0.15, 0.2) is 94.8 Å². The molecular weight excluding hydrogens is 412 g/mol. The van der Waals surface area contributed by atoms with Crippen LogP contribution in [0.1, 0.15) is 22.7 Å². The normalized spacial score (nSPS) is 20.6. The summed E-state index contributed by atoms with van der Waals surface area (Å²) in [5.74, 6) is -0.634. The SMILES string of the molecule is COC(=O)[C@]1(c2ccccc2)N=CN(S(=O)(=O)c2ccc(C)cc2)[C@H]1c1ccccc1. The lowest BCUT2D eigenvalue weighted by Gasteiger charge is -2.35. The van der Waals surface area contributed by atoms with Crippen molar-refractivity contribution in [3.05, 3.63) is 102 Å². The van der Waals surface area contributed by atoms with Gasteiger partial charge in [-0.05, 0) is 30.2 Å². The lowest BCUT2D eigenvalue weighted by atomic mass is 9.80. The van der Waals surface area contributed by atoms with Crippen LogP contribution >= 0.6 is 0 Å². The molecule has 0 unspecified atom stereocenters. The first-order chi connectivity index (χ1) is 14.9. The first-order valence-corrected chi connectivity index (χ1v) is 11.2. The van der Waals surface area contributed by atoms with Gasteiger partial charge >= 0.3 is 5.97 Å². The standard InChI is InChI=1S/C24H22N2O4S/c1-18-13-15-21(16-14-18)31(28,29)26-17-25-24(23(27)30-2,20-11-7-4-8-12-20)22(26)19-9-5-3-6-10-19/h3-17,22H,1-2H3/t22-,24+/m0/s1. The van der Waals surface area contributed by atoms with Gasteiger partial charge < -0.3 is 4.74 Å². The van der Waals surface area contributed by atoms with E-state index in [2.05, 4.69) is 4.99 Å². The van der Waals surface area contributed by atoms with E-state index in [0.29, 0.717) is 11.1 Å². The van der Waals surface area contributed by atoms with E-state index in [1.54, 1.807) is 72.8 Å². The van der Waals surface area contributed by atoms with E-state index in [9.17, 15) is 13.2 Å². The average molecular weight is 435 g/mol. The predicted octanol–water partition coefficient (Wildman–Crippen LogP) is 3.84. The van der Waals surface area contributed by atoms with Crippen molar-refractivity contribution in [1.82, 2.24) is 4.31 Å². The van der Waals surface area contributed by atoms with Gasteiger partial charge in [-0.25, -0.2) is 22.5 Å². The topological polar surface area (TPSA) is 76.0 Å². The Bertz CT molecular complexity index is 1210. The van der Waals surface area contributed by atoms with Gasteiger partial charge in [0.05, 0.1) is 12.0 Å². The zero-order valence-corrected chi connectivity index (χ0v) is 18.0. The van der Waals surface area contributed by atoms with E-state index in [0.717, 1.165) is 9.87 Å². The molecule has 4 rings (SSSR count). The molecule has 3 aromatic carbocycles. The third-order valence-electron chi connectivity index (χ3n) is 5.45. The number of benzene rings is 3. The number of ether oxygens (including phenoxy) is 1. The number of carbonyl (C=O) groups excluding carboxylic acids is 1. The second kappa shape index (κ2) is 8.00. The van der Waals surface area contributed by atoms with Gasteiger partial charge in [-0.15, -0.1) is 0 Å². The van der Waals surface area contributed by atoms with E-state index < -0.39 is 27.6 Å². The maximum Gasteiger partial charge on any atom is 0.341 e. The van der Waals surface area contributed by atoms with Gasteiger partial charge in [-0.1, -0.05) is 78.4 Å². The Morgan fingerprint density at radius 2 is 1.52 bits per heavy atom. The van der Waals surface area contributed by atoms with Crippen LogP contribution in [-0.2, 0) is 25.1 Å². The van der Waals surface area contributed by atoms with E-state index in [-0.39, 0.29) is 4.90 Å². The van der Waals surface area contributed by atoms with Crippen molar-refractivity contribution in [1.29, 1.82) is 0 Å². The van der Waals surface area contributed by atoms with Crippen molar-refractivity contribution < 1.29 is 17.9 Å². The maximum atomic E-state index is 13.6. The van der Waals surface area contributed by atoms with Crippen LogP contribution in [0, 0.1) is 6.92 Å². The Morgan fingerprint density at radius 3 is 2.10 bits per heavy atom. The Balaban J connectivity index is 1.95. The molecular formula is C24H22N2O4S. The summed E-state index contributed by atoms with van der Waals surface area (Å²) in [5, 5.41) is 0. The molecule has 0 amide bonds. The number of carbonyl (C=O) groups is 1. The predicted molar refractivity (Wildman–Crippen MR) is 118 cm³/mol. The van der Waals surface area contributed by atoms with E-state index >= 15 is 0 Å². The van der Waals surface area contributed by atoms with Gasteiger partial charge in [-0.2, -0.15) is 0 Å². The van der Waals surface area contributed by atoms with Crippen molar-refractivity contribution in [3.63, 3.8) is 0 Å². The lowest BCUT2D eigenvalue weighted by molar-refractivity contribution is -0.148. The van der Waals surface area contributed by atoms with Gasteiger partial charge in [0.1, 0.15) is 12.4 Å². The number of hydrogen-bond acceptors (Lipinski definition) is 5. The van der Waals surface area contributed by atoms with E-state index in [1.165, 1.54) is 13.4 Å². The molecule has 0 radical (unpaired) electrons. The summed E-state index contributed by atoms with van der Waals surface area (Å²) in [5.41, 5.74) is 0.551. The summed E-state index contributed by atoms with van der Waals surface area (Å²) in [6, 6.07) is 23.6. The number of nitrogens with zero attached hydrogens (tertiary/aromatic N) is 2. The molecule has 158 valence electrons. The number of rotatable bonds is 5. The molecule has 0 aliphatic carbocycles. The van der Waals surface area contributed by atoms with Gasteiger partial charge in [0, 0.05) is 0 Å². The quantitative estimate of drug-likeness (QED) is 0.572. The molecule has 0 saturated carbocycles. The van der Waals surface area contributed by atoms with Crippen molar-refractivity contribution in [3.8, 4) is 0 Å². The Hall–Kier alpha value is -3.45. The summed E-state index contributed by atoms with van der Waals surface area (Å²) in [6.07, 6.45) is 1.23. The van der Waals surface area contributed by atoms with Crippen LogP contribution in [0.4, 0.5) is 0 Å². The molecule has 0 fully saturated rings. The largest absolute Gasteiger partial charge is 0.467 e. The highest BCUT2D eigenvalue weighted by Crippen LogP contribution is 2.48. The minimum Gasteiger partial charge on any atom is -0.467 e. The summed E-state index contributed by atoms with van der Waals surface area (Å²) >= 11 is 0. The van der Waals surface area contributed by atoms with Gasteiger partial charge in [0.15, 0.2) is 0 Å². The highest BCUT2D eigenvalue weighted by molar-refractivity contribution is 7.89. The van der Waals surface area contributed by atoms with Crippen LogP contribution in [0.2, 0.25) is 0 Å². The maximum absolute atomic E-state index is 13.6. The van der Waals surface area contributed by atoms with Gasteiger partial charge in [0.25, 0.3) is 10.0 Å². The fraction of sp³-hybridized carbons (Fsp3) is 0.167. The first kappa shape index (κ1) is 20.8. The zero-order valence-electron chi connectivity index (χ0n) is 17.2. The van der Waals surface area contributed by atoms with Crippen LogP contribution in [0.25, 0.3) is 0 Å². The second-order valence-corrected chi connectivity index (χ2v) is 9.17. The smallest absolute Gasteiger partial charge is 0.341 e. The Kier molecular flexibility index (Phi) is 5.37.